The zero-order valence-electron chi connectivity index (χ0n) is 14.6. The van der Waals surface area contributed by atoms with Crippen LogP contribution in [-0.2, 0) is 4.79 Å². The molecule has 1 aromatic carbocycles. The molecule has 2 aliphatic rings. The first kappa shape index (κ1) is 16.3. The van der Waals surface area contributed by atoms with Crippen molar-refractivity contribution >= 4 is 22.6 Å². The number of carbonyl (C=O) groups is 1. The molecule has 1 aromatic heterocycles. The van der Waals surface area contributed by atoms with Gasteiger partial charge in [-0.2, -0.15) is 0 Å². The molecule has 2 fully saturated rings. The van der Waals surface area contributed by atoms with Gasteiger partial charge >= 0.3 is 0 Å². The molecule has 0 bridgehead atoms. The lowest BCUT2D eigenvalue weighted by molar-refractivity contribution is -0.129. The van der Waals surface area contributed by atoms with Gasteiger partial charge in [0.1, 0.15) is 11.6 Å². The van der Waals surface area contributed by atoms with Crippen LogP contribution < -0.4 is 5.32 Å². The van der Waals surface area contributed by atoms with Gasteiger partial charge in [-0.15, -0.1) is 0 Å². The van der Waals surface area contributed by atoms with E-state index in [1.165, 1.54) is 25.0 Å². The van der Waals surface area contributed by atoms with Gasteiger partial charge in [0.2, 0.25) is 5.91 Å². The van der Waals surface area contributed by atoms with Crippen molar-refractivity contribution in [2.24, 2.45) is 5.92 Å². The highest BCUT2D eigenvalue weighted by atomic mass is 19.1. The molecule has 0 unspecified atom stereocenters. The molecule has 1 saturated heterocycles. The monoisotopic (exact) mass is 341 g/mol. The number of likely N-dealkylation sites (tertiary alicyclic amines) is 1. The zero-order chi connectivity index (χ0) is 17.4. The predicted molar refractivity (Wildman–Crippen MR) is 97.0 cm³/mol. The fraction of sp³-hybridized carbons (Fsp3) is 0.500. The van der Waals surface area contributed by atoms with Crippen LogP contribution in [0.2, 0.25) is 0 Å². The summed E-state index contributed by atoms with van der Waals surface area (Å²) in [5.41, 5.74) is 1.74. The summed E-state index contributed by atoms with van der Waals surface area (Å²) in [5, 5.41) is 4.33. The molecule has 25 heavy (non-hydrogen) atoms. The van der Waals surface area contributed by atoms with Crippen molar-refractivity contribution in [2.75, 3.05) is 18.4 Å². The number of aryl methyl sites for hydroxylation is 1. The summed E-state index contributed by atoms with van der Waals surface area (Å²) < 4.78 is 13.5. The van der Waals surface area contributed by atoms with Crippen molar-refractivity contribution < 1.29 is 9.18 Å². The van der Waals surface area contributed by atoms with Gasteiger partial charge in [-0.05, 0) is 43.5 Å². The van der Waals surface area contributed by atoms with Crippen LogP contribution in [0.1, 0.15) is 37.7 Å². The number of rotatable bonds is 4. The van der Waals surface area contributed by atoms with E-state index in [-0.39, 0.29) is 5.82 Å². The van der Waals surface area contributed by atoms with Crippen LogP contribution in [-0.4, -0.2) is 34.9 Å². The first-order valence-corrected chi connectivity index (χ1v) is 9.20. The van der Waals surface area contributed by atoms with Crippen LogP contribution in [0.15, 0.2) is 24.3 Å². The van der Waals surface area contributed by atoms with E-state index in [1.807, 2.05) is 13.0 Å². The van der Waals surface area contributed by atoms with Gasteiger partial charge < -0.3 is 10.2 Å². The van der Waals surface area contributed by atoms with Gasteiger partial charge in [0.05, 0.1) is 5.52 Å². The third kappa shape index (κ3) is 3.32. The van der Waals surface area contributed by atoms with E-state index in [1.54, 1.807) is 6.07 Å². The number of fused-ring (bicyclic) bond motifs is 1. The van der Waals surface area contributed by atoms with Crippen LogP contribution in [0.4, 0.5) is 10.2 Å². The number of amides is 1. The molecule has 1 amide bonds. The molecule has 2 heterocycles. The number of aromatic nitrogens is 1. The number of nitrogens with one attached hydrogen (secondary N) is 1. The van der Waals surface area contributed by atoms with Crippen LogP contribution in [0.25, 0.3) is 10.9 Å². The third-order valence-electron chi connectivity index (χ3n) is 5.55. The van der Waals surface area contributed by atoms with E-state index in [2.05, 4.69) is 15.2 Å². The second-order valence-corrected chi connectivity index (χ2v) is 7.42. The highest BCUT2D eigenvalue weighted by Gasteiger charge is 2.35. The van der Waals surface area contributed by atoms with E-state index in [9.17, 15) is 9.18 Å². The molecule has 2 aromatic rings. The van der Waals surface area contributed by atoms with Gasteiger partial charge in [-0.25, -0.2) is 9.37 Å². The van der Waals surface area contributed by atoms with Crippen molar-refractivity contribution in [3.05, 3.63) is 35.6 Å². The number of hydrogen-bond donors (Lipinski definition) is 1. The lowest BCUT2D eigenvalue weighted by Gasteiger charge is -2.24. The van der Waals surface area contributed by atoms with Gasteiger partial charge in [-0.1, -0.05) is 12.8 Å². The second-order valence-electron chi connectivity index (χ2n) is 7.42. The summed E-state index contributed by atoms with van der Waals surface area (Å²) in [5.74, 6) is 1.09. The minimum absolute atomic E-state index is 0.273. The Hall–Kier alpha value is -2.17. The molecule has 1 atom stereocenters. The van der Waals surface area contributed by atoms with Crippen molar-refractivity contribution in [1.29, 1.82) is 0 Å². The fourth-order valence-corrected chi connectivity index (χ4v) is 4.23. The second kappa shape index (κ2) is 6.62. The van der Waals surface area contributed by atoms with Crippen molar-refractivity contribution in [1.82, 2.24) is 9.88 Å². The molecule has 1 aliphatic carbocycles. The van der Waals surface area contributed by atoms with E-state index in [0.717, 1.165) is 42.7 Å². The molecule has 5 heteroatoms. The maximum absolute atomic E-state index is 13.5. The first-order chi connectivity index (χ1) is 12.1. The average molecular weight is 341 g/mol. The summed E-state index contributed by atoms with van der Waals surface area (Å²) in [4.78, 5) is 18.9. The van der Waals surface area contributed by atoms with Crippen molar-refractivity contribution in [3.8, 4) is 0 Å². The van der Waals surface area contributed by atoms with Gasteiger partial charge in [0.25, 0.3) is 0 Å². The summed E-state index contributed by atoms with van der Waals surface area (Å²) in [7, 11) is 0. The maximum atomic E-state index is 13.5. The van der Waals surface area contributed by atoms with Crippen molar-refractivity contribution in [2.45, 2.75) is 45.1 Å². The topological polar surface area (TPSA) is 45.2 Å². The molecule has 132 valence electrons. The average Bonchev–Trinajstić information content (AvgIpc) is 3.21. The van der Waals surface area contributed by atoms with Crippen LogP contribution >= 0.6 is 0 Å². The van der Waals surface area contributed by atoms with Gasteiger partial charge in [0.15, 0.2) is 0 Å². The van der Waals surface area contributed by atoms with E-state index in [4.69, 9.17) is 0 Å². The largest absolute Gasteiger partial charge is 0.370 e. The first-order valence-electron chi connectivity index (χ1n) is 9.20. The number of carbonyl (C=O) groups excluding carboxylic acids is 1. The minimum atomic E-state index is -0.273. The Balaban J connectivity index is 1.43. The summed E-state index contributed by atoms with van der Waals surface area (Å²) in [6.45, 7) is 3.58. The van der Waals surface area contributed by atoms with Gasteiger partial charge in [0, 0.05) is 42.9 Å². The molecule has 0 spiro atoms. The summed E-state index contributed by atoms with van der Waals surface area (Å²) in [6, 6.07) is 7.15. The number of benzene rings is 1. The molecule has 1 saturated carbocycles. The Morgan fingerprint density at radius 3 is 2.88 bits per heavy atom. The Labute approximate surface area is 147 Å². The molecule has 0 radical (unpaired) electrons. The number of anilines is 1. The highest BCUT2D eigenvalue weighted by Crippen LogP contribution is 2.29. The van der Waals surface area contributed by atoms with E-state index >= 15 is 0 Å². The van der Waals surface area contributed by atoms with Crippen LogP contribution in [0, 0.1) is 18.7 Å². The van der Waals surface area contributed by atoms with E-state index < -0.39 is 0 Å². The van der Waals surface area contributed by atoms with Crippen LogP contribution in [0.5, 0.6) is 0 Å². The Bertz CT molecular complexity index is 801. The fourth-order valence-electron chi connectivity index (χ4n) is 4.23. The number of halogens is 1. The Morgan fingerprint density at radius 1 is 1.28 bits per heavy atom. The lowest BCUT2D eigenvalue weighted by Crippen LogP contribution is -2.34. The molecule has 1 N–H and O–H groups in total. The third-order valence-corrected chi connectivity index (χ3v) is 5.55. The Morgan fingerprint density at radius 2 is 2.08 bits per heavy atom. The van der Waals surface area contributed by atoms with Crippen LogP contribution in [0.3, 0.4) is 0 Å². The highest BCUT2D eigenvalue weighted by molar-refractivity contribution is 5.84. The summed E-state index contributed by atoms with van der Waals surface area (Å²) >= 11 is 0. The Kier molecular flexibility index (Phi) is 4.32. The number of pyridine rings is 1. The lowest BCUT2D eigenvalue weighted by atomic mass is 10.1. The quantitative estimate of drug-likeness (QED) is 0.918. The predicted octanol–water partition coefficient (Wildman–Crippen LogP) is 3.89. The van der Waals surface area contributed by atoms with E-state index in [0.29, 0.717) is 29.8 Å². The van der Waals surface area contributed by atoms with Gasteiger partial charge in [-0.3, -0.25) is 4.79 Å². The normalized spacial score (nSPS) is 21.4. The van der Waals surface area contributed by atoms with Crippen molar-refractivity contribution in [3.63, 3.8) is 0 Å². The maximum Gasteiger partial charge on any atom is 0.223 e. The summed E-state index contributed by atoms with van der Waals surface area (Å²) in [6.07, 6.45) is 5.42. The minimum Gasteiger partial charge on any atom is -0.370 e. The molecule has 4 rings (SSSR count). The smallest absolute Gasteiger partial charge is 0.223 e. The molecular weight excluding hydrogens is 317 g/mol. The number of hydrogen-bond acceptors (Lipinski definition) is 3. The number of nitrogens with zero attached hydrogens (tertiary/aromatic N) is 2. The zero-order valence-corrected chi connectivity index (χ0v) is 14.6. The standard InChI is InChI=1S/C20H24FN3O/c1-13-8-19(23-18-10-15(21)6-7-17(13)18)22-11-14-9-20(25)24(12-14)16-4-2-3-5-16/h6-8,10,14,16H,2-5,9,11-12H2,1H3,(H,22,23)/t14-/m1/s1. The molecule has 4 nitrogen and oxygen atoms in total. The molecular formula is C20H24FN3O. The molecule has 1 aliphatic heterocycles. The SMILES string of the molecule is Cc1cc(NC[C@H]2CC(=O)N(C3CCCC3)C2)nc2cc(F)ccc12.